The van der Waals surface area contributed by atoms with Crippen LogP contribution >= 0.6 is 0 Å². The summed E-state index contributed by atoms with van der Waals surface area (Å²) in [6, 6.07) is 16.4. The second kappa shape index (κ2) is 7.29. The summed E-state index contributed by atoms with van der Waals surface area (Å²) >= 11 is 0. The van der Waals surface area contributed by atoms with Gasteiger partial charge in [0, 0.05) is 24.4 Å². The summed E-state index contributed by atoms with van der Waals surface area (Å²) in [5.74, 6) is 0.840. The van der Waals surface area contributed by atoms with E-state index >= 15 is 0 Å². The molecule has 3 rings (SSSR count). The highest BCUT2D eigenvalue weighted by atomic mass is 28.4. The van der Waals surface area contributed by atoms with E-state index in [1.165, 1.54) is 0 Å². The standard InChI is InChI=1S/C21H25N3OSi/c1-16-11-12-20(25-26(3,4)5)19(13-16)23-21(17-9-7-6-8-10-17)18-14-22-24(2)15-18/h6-15H,1-5H3. The Morgan fingerprint density at radius 3 is 2.38 bits per heavy atom. The lowest BCUT2D eigenvalue weighted by molar-refractivity contribution is 0.559. The molecule has 26 heavy (non-hydrogen) atoms. The largest absolute Gasteiger partial charge is 0.543 e. The maximum absolute atomic E-state index is 6.28. The Labute approximate surface area is 156 Å². The lowest BCUT2D eigenvalue weighted by atomic mass is 10.1. The minimum atomic E-state index is -1.74. The summed E-state index contributed by atoms with van der Waals surface area (Å²) < 4.78 is 8.07. The molecular formula is C21H25N3OSi. The number of aryl methyl sites for hydroxylation is 2. The van der Waals surface area contributed by atoms with E-state index in [1.807, 2.05) is 43.7 Å². The third-order valence-electron chi connectivity index (χ3n) is 3.79. The van der Waals surface area contributed by atoms with Crippen molar-refractivity contribution in [2.75, 3.05) is 0 Å². The van der Waals surface area contributed by atoms with Gasteiger partial charge in [-0.15, -0.1) is 0 Å². The molecule has 5 heteroatoms. The van der Waals surface area contributed by atoms with E-state index in [1.54, 1.807) is 4.68 Å². The van der Waals surface area contributed by atoms with Gasteiger partial charge < -0.3 is 4.43 Å². The van der Waals surface area contributed by atoms with Gasteiger partial charge in [0.1, 0.15) is 11.4 Å². The van der Waals surface area contributed by atoms with Crippen LogP contribution < -0.4 is 4.43 Å². The lowest BCUT2D eigenvalue weighted by Gasteiger charge is -2.21. The van der Waals surface area contributed by atoms with Gasteiger partial charge in [-0.05, 0) is 44.3 Å². The molecule has 0 N–H and O–H groups in total. The zero-order chi connectivity index (χ0) is 18.7. The number of aliphatic imine (C=N–C) groups is 1. The van der Waals surface area contributed by atoms with E-state index in [2.05, 4.69) is 55.9 Å². The van der Waals surface area contributed by atoms with Crippen molar-refractivity contribution in [2.24, 2.45) is 12.0 Å². The average molecular weight is 364 g/mol. The maximum Gasteiger partial charge on any atom is 0.242 e. The number of hydrogen-bond donors (Lipinski definition) is 0. The van der Waals surface area contributed by atoms with Gasteiger partial charge in [0.15, 0.2) is 0 Å². The Morgan fingerprint density at radius 2 is 1.77 bits per heavy atom. The van der Waals surface area contributed by atoms with Gasteiger partial charge in [0.05, 0.1) is 11.9 Å². The summed E-state index contributed by atoms with van der Waals surface area (Å²) in [5.41, 5.74) is 4.95. The Hall–Kier alpha value is -2.66. The van der Waals surface area contributed by atoms with Crippen LogP contribution in [0.2, 0.25) is 19.6 Å². The van der Waals surface area contributed by atoms with Crippen LogP contribution in [0, 0.1) is 6.92 Å². The average Bonchev–Trinajstić information content (AvgIpc) is 3.00. The number of rotatable bonds is 5. The smallest absolute Gasteiger partial charge is 0.242 e. The summed E-state index contributed by atoms with van der Waals surface area (Å²) in [4.78, 5) is 5.02. The highest BCUT2D eigenvalue weighted by molar-refractivity contribution is 6.70. The van der Waals surface area contributed by atoms with Crippen molar-refractivity contribution in [1.82, 2.24) is 9.78 Å². The van der Waals surface area contributed by atoms with Crippen LogP contribution in [0.15, 0.2) is 65.9 Å². The molecule has 3 aromatic rings. The highest BCUT2D eigenvalue weighted by Gasteiger charge is 2.19. The van der Waals surface area contributed by atoms with Crippen LogP contribution in [-0.2, 0) is 7.05 Å². The third-order valence-corrected chi connectivity index (χ3v) is 4.62. The van der Waals surface area contributed by atoms with Crippen molar-refractivity contribution in [3.8, 4) is 5.75 Å². The summed E-state index contributed by atoms with van der Waals surface area (Å²) in [5, 5.41) is 4.32. The lowest BCUT2D eigenvalue weighted by Crippen LogP contribution is -2.29. The molecule has 0 atom stereocenters. The minimum Gasteiger partial charge on any atom is -0.543 e. The first-order valence-electron chi connectivity index (χ1n) is 8.75. The second-order valence-corrected chi connectivity index (χ2v) is 11.8. The van der Waals surface area contributed by atoms with Gasteiger partial charge in [0.25, 0.3) is 0 Å². The van der Waals surface area contributed by atoms with Gasteiger partial charge in [-0.2, -0.15) is 5.10 Å². The molecule has 0 saturated heterocycles. The monoisotopic (exact) mass is 363 g/mol. The van der Waals surface area contributed by atoms with Crippen LogP contribution in [0.1, 0.15) is 16.7 Å². The molecule has 0 radical (unpaired) electrons. The molecule has 1 aromatic heterocycles. The minimum absolute atomic E-state index is 0.840. The van der Waals surface area contributed by atoms with Gasteiger partial charge >= 0.3 is 0 Å². The normalized spacial score (nSPS) is 12.3. The zero-order valence-corrected chi connectivity index (χ0v) is 17.0. The molecule has 0 saturated carbocycles. The molecule has 0 aliphatic carbocycles. The van der Waals surface area contributed by atoms with Gasteiger partial charge in [-0.25, -0.2) is 4.99 Å². The molecule has 134 valence electrons. The van der Waals surface area contributed by atoms with Crippen molar-refractivity contribution in [3.05, 3.63) is 77.6 Å². The van der Waals surface area contributed by atoms with E-state index in [9.17, 15) is 0 Å². The molecule has 0 spiro atoms. The quantitative estimate of drug-likeness (QED) is 0.467. The van der Waals surface area contributed by atoms with Crippen molar-refractivity contribution in [2.45, 2.75) is 26.6 Å². The van der Waals surface area contributed by atoms with E-state index in [0.29, 0.717) is 0 Å². The fraction of sp³-hybridized carbons (Fsp3) is 0.238. The topological polar surface area (TPSA) is 39.4 Å². The summed E-state index contributed by atoms with van der Waals surface area (Å²) in [6.07, 6.45) is 3.83. The molecule has 0 fully saturated rings. The van der Waals surface area contributed by atoms with E-state index in [4.69, 9.17) is 9.42 Å². The summed E-state index contributed by atoms with van der Waals surface area (Å²) in [6.45, 7) is 8.61. The molecule has 1 heterocycles. The van der Waals surface area contributed by atoms with Gasteiger partial charge in [-0.3, -0.25) is 4.68 Å². The number of hydrogen-bond acceptors (Lipinski definition) is 3. The SMILES string of the molecule is Cc1ccc(O[Si](C)(C)C)c(N=C(c2ccccc2)c2cnn(C)c2)c1. The molecule has 0 bridgehead atoms. The predicted octanol–water partition coefficient (Wildman–Crippen LogP) is 5.11. The van der Waals surface area contributed by atoms with Crippen LogP contribution in [0.4, 0.5) is 5.69 Å². The van der Waals surface area contributed by atoms with Crippen LogP contribution in [0.25, 0.3) is 0 Å². The van der Waals surface area contributed by atoms with Crippen molar-refractivity contribution < 1.29 is 4.43 Å². The Bertz CT molecular complexity index is 924. The van der Waals surface area contributed by atoms with Crippen molar-refractivity contribution >= 4 is 19.7 Å². The first-order valence-corrected chi connectivity index (χ1v) is 12.2. The van der Waals surface area contributed by atoms with E-state index in [0.717, 1.165) is 33.8 Å². The number of nitrogens with zero attached hydrogens (tertiary/aromatic N) is 3. The van der Waals surface area contributed by atoms with Crippen molar-refractivity contribution in [3.63, 3.8) is 0 Å². The van der Waals surface area contributed by atoms with E-state index < -0.39 is 8.32 Å². The molecule has 0 unspecified atom stereocenters. The zero-order valence-electron chi connectivity index (χ0n) is 16.0. The predicted molar refractivity (Wildman–Crippen MR) is 110 cm³/mol. The first-order chi connectivity index (χ1) is 12.3. The molecule has 4 nitrogen and oxygen atoms in total. The Morgan fingerprint density at radius 1 is 1.04 bits per heavy atom. The molecular weight excluding hydrogens is 338 g/mol. The Kier molecular flexibility index (Phi) is 5.09. The number of benzene rings is 2. The van der Waals surface area contributed by atoms with Gasteiger partial charge in [-0.1, -0.05) is 36.4 Å². The van der Waals surface area contributed by atoms with E-state index in [-0.39, 0.29) is 0 Å². The van der Waals surface area contributed by atoms with Gasteiger partial charge in [0.2, 0.25) is 8.32 Å². The third kappa shape index (κ3) is 4.49. The fourth-order valence-electron chi connectivity index (χ4n) is 2.69. The highest BCUT2D eigenvalue weighted by Crippen LogP contribution is 2.32. The van der Waals surface area contributed by atoms with Crippen molar-refractivity contribution in [1.29, 1.82) is 0 Å². The maximum atomic E-state index is 6.28. The molecule has 0 amide bonds. The molecule has 0 aliphatic heterocycles. The fourth-order valence-corrected chi connectivity index (χ4v) is 3.52. The van der Waals surface area contributed by atoms with Crippen LogP contribution in [0.3, 0.4) is 0 Å². The number of aromatic nitrogens is 2. The second-order valence-electron chi connectivity index (χ2n) is 7.41. The first kappa shape index (κ1) is 18.1. The Balaban J connectivity index is 2.16. The molecule has 0 aliphatic rings. The van der Waals surface area contributed by atoms with Crippen LogP contribution in [0.5, 0.6) is 5.75 Å². The van der Waals surface area contributed by atoms with Crippen LogP contribution in [-0.4, -0.2) is 23.8 Å². The summed E-state index contributed by atoms with van der Waals surface area (Å²) in [7, 11) is 0.177. The molecule has 2 aromatic carbocycles.